The van der Waals surface area contributed by atoms with Crippen LogP contribution in [0.4, 0.5) is 11.4 Å². The zero-order valence-corrected chi connectivity index (χ0v) is 18.9. The Morgan fingerprint density at radius 3 is 2.22 bits per heavy atom. The molecule has 36 heavy (non-hydrogen) atoms. The van der Waals surface area contributed by atoms with Crippen molar-refractivity contribution in [3.05, 3.63) is 100 Å². The number of carbonyl (C=O) groups is 4. The van der Waals surface area contributed by atoms with E-state index < -0.39 is 35.2 Å². The van der Waals surface area contributed by atoms with Crippen molar-refractivity contribution < 1.29 is 33.6 Å². The Morgan fingerprint density at radius 2 is 1.58 bits per heavy atom. The molecule has 0 aliphatic carbocycles. The van der Waals surface area contributed by atoms with Crippen molar-refractivity contribution in [1.82, 2.24) is 0 Å². The molecule has 1 aliphatic heterocycles. The minimum atomic E-state index is -0.764. The first-order valence-electron chi connectivity index (χ1n) is 10.9. The van der Waals surface area contributed by atoms with Gasteiger partial charge >= 0.3 is 11.9 Å². The summed E-state index contributed by atoms with van der Waals surface area (Å²) in [5.41, 5.74) is 0.978. The normalized spacial score (nSPS) is 14.8. The predicted octanol–water partition coefficient (Wildman–Crippen LogP) is 3.59. The van der Waals surface area contributed by atoms with Gasteiger partial charge in [0.05, 0.1) is 16.4 Å². The number of hydrogen-bond acceptors (Lipinski definition) is 8. The first-order chi connectivity index (χ1) is 17.3. The number of nitro benzene ring substituents is 1. The summed E-state index contributed by atoms with van der Waals surface area (Å²) in [6.07, 6.45) is -0.0918. The fourth-order valence-corrected chi connectivity index (χ4v) is 3.66. The molecule has 1 fully saturated rings. The molecule has 0 N–H and O–H groups in total. The Morgan fingerprint density at radius 1 is 0.917 bits per heavy atom. The molecule has 10 heteroatoms. The molecule has 1 saturated heterocycles. The number of hydrogen-bond donors (Lipinski definition) is 0. The van der Waals surface area contributed by atoms with Crippen molar-refractivity contribution >= 4 is 35.0 Å². The molecule has 0 radical (unpaired) electrons. The summed E-state index contributed by atoms with van der Waals surface area (Å²) >= 11 is 0. The summed E-state index contributed by atoms with van der Waals surface area (Å²) < 4.78 is 10.4. The van der Waals surface area contributed by atoms with Crippen LogP contribution in [0.15, 0.2) is 78.9 Å². The van der Waals surface area contributed by atoms with Gasteiger partial charge in [0.1, 0.15) is 5.75 Å². The van der Waals surface area contributed by atoms with E-state index in [1.807, 2.05) is 0 Å². The SMILES string of the molecule is O=C(COC(=O)[C@@H]1CC(=O)N(c2ccc([N+](=O)[O-])cc2)C1)c1ccc(OC(=O)c2ccccc2)cc1. The Hall–Kier alpha value is -4.86. The zero-order valence-electron chi connectivity index (χ0n) is 18.9. The van der Waals surface area contributed by atoms with Crippen molar-refractivity contribution in [3.63, 3.8) is 0 Å². The van der Waals surface area contributed by atoms with Crippen LogP contribution in [0.3, 0.4) is 0 Å². The highest BCUT2D eigenvalue weighted by Crippen LogP contribution is 2.27. The fourth-order valence-electron chi connectivity index (χ4n) is 3.66. The zero-order chi connectivity index (χ0) is 25.7. The Balaban J connectivity index is 1.28. The van der Waals surface area contributed by atoms with Crippen molar-refractivity contribution in [1.29, 1.82) is 0 Å². The van der Waals surface area contributed by atoms with Crippen molar-refractivity contribution in [2.75, 3.05) is 18.1 Å². The van der Waals surface area contributed by atoms with E-state index in [4.69, 9.17) is 9.47 Å². The number of nitro groups is 1. The number of ketones is 1. The first kappa shape index (κ1) is 24.3. The molecule has 1 heterocycles. The maximum atomic E-state index is 12.5. The number of esters is 2. The van der Waals surface area contributed by atoms with Crippen molar-refractivity contribution in [2.24, 2.45) is 5.92 Å². The number of Topliss-reactive ketones (excluding diaryl/α,β-unsaturated/α-hetero) is 1. The molecule has 0 saturated carbocycles. The van der Waals surface area contributed by atoms with Gasteiger partial charge in [-0.3, -0.25) is 24.5 Å². The summed E-state index contributed by atoms with van der Waals surface area (Å²) in [7, 11) is 0. The lowest BCUT2D eigenvalue weighted by Gasteiger charge is -2.16. The molecule has 4 rings (SSSR count). The number of benzene rings is 3. The summed E-state index contributed by atoms with van der Waals surface area (Å²) in [5, 5.41) is 10.8. The highest BCUT2D eigenvalue weighted by molar-refractivity contribution is 6.01. The summed E-state index contributed by atoms with van der Waals surface area (Å²) in [6.45, 7) is -0.463. The van der Waals surface area contributed by atoms with Gasteiger partial charge in [-0.15, -0.1) is 0 Å². The topological polar surface area (TPSA) is 133 Å². The second-order valence-corrected chi connectivity index (χ2v) is 7.99. The lowest BCUT2D eigenvalue weighted by molar-refractivity contribution is -0.384. The number of rotatable bonds is 8. The molecule has 1 aliphatic rings. The van der Waals surface area contributed by atoms with E-state index >= 15 is 0 Å². The third kappa shape index (κ3) is 5.61. The molecule has 3 aromatic carbocycles. The van der Waals surface area contributed by atoms with Gasteiger partial charge in [-0.25, -0.2) is 4.79 Å². The molecule has 3 aromatic rings. The number of anilines is 1. The number of ether oxygens (including phenoxy) is 2. The molecule has 182 valence electrons. The van der Waals surface area contributed by atoms with E-state index in [-0.39, 0.29) is 35.9 Å². The average molecular weight is 488 g/mol. The molecule has 1 atom stereocenters. The third-order valence-corrected chi connectivity index (χ3v) is 5.57. The maximum Gasteiger partial charge on any atom is 0.343 e. The van der Waals surface area contributed by atoms with Gasteiger partial charge in [0, 0.05) is 36.3 Å². The first-order valence-corrected chi connectivity index (χ1v) is 10.9. The fraction of sp³-hybridized carbons (Fsp3) is 0.154. The maximum absolute atomic E-state index is 12.5. The van der Waals surface area contributed by atoms with Gasteiger partial charge < -0.3 is 14.4 Å². The van der Waals surface area contributed by atoms with Gasteiger partial charge in [-0.2, -0.15) is 0 Å². The minimum absolute atomic E-state index is 0.0468. The second kappa shape index (κ2) is 10.6. The summed E-state index contributed by atoms with van der Waals surface area (Å²) in [4.78, 5) is 61.0. The second-order valence-electron chi connectivity index (χ2n) is 7.99. The standard InChI is InChI=1S/C26H20N2O8/c29-23(17-6-12-22(13-7-17)36-26(32)18-4-2-1-3-5-18)16-35-25(31)19-14-24(30)27(15-19)20-8-10-21(11-9-20)28(33)34/h1-13,19H,14-16H2/t19-/m1/s1. The van der Waals surface area contributed by atoms with Crippen LogP contribution in [0.25, 0.3) is 0 Å². The van der Waals surface area contributed by atoms with Crippen molar-refractivity contribution in [3.8, 4) is 5.75 Å². The molecule has 10 nitrogen and oxygen atoms in total. The van der Waals surface area contributed by atoms with Crippen LogP contribution in [0.2, 0.25) is 0 Å². The summed E-state index contributed by atoms with van der Waals surface area (Å²) in [6, 6.07) is 19.7. The van der Waals surface area contributed by atoms with Crippen molar-refractivity contribution in [2.45, 2.75) is 6.42 Å². The predicted molar refractivity (Wildman–Crippen MR) is 127 cm³/mol. The van der Waals surface area contributed by atoms with Crippen LogP contribution in [-0.4, -0.2) is 41.7 Å². The monoisotopic (exact) mass is 488 g/mol. The number of carbonyl (C=O) groups excluding carboxylic acids is 4. The molecular formula is C26H20N2O8. The Bertz CT molecular complexity index is 1300. The van der Waals surface area contributed by atoms with E-state index in [0.717, 1.165) is 0 Å². The van der Waals surface area contributed by atoms with Crippen LogP contribution in [0, 0.1) is 16.0 Å². The van der Waals surface area contributed by atoms with Gasteiger partial charge in [-0.1, -0.05) is 18.2 Å². The van der Waals surface area contributed by atoms with E-state index in [1.54, 1.807) is 30.3 Å². The molecule has 0 aromatic heterocycles. The van der Waals surface area contributed by atoms with Gasteiger partial charge in [-0.05, 0) is 48.5 Å². The largest absolute Gasteiger partial charge is 0.457 e. The quantitative estimate of drug-likeness (QED) is 0.154. The van der Waals surface area contributed by atoms with E-state index in [2.05, 4.69) is 0 Å². The van der Waals surface area contributed by atoms with E-state index in [1.165, 1.54) is 53.4 Å². The molecule has 0 unspecified atom stereocenters. The highest BCUT2D eigenvalue weighted by atomic mass is 16.6. The van der Waals surface area contributed by atoms with Gasteiger partial charge in [0.25, 0.3) is 5.69 Å². The lowest BCUT2D eigenvalue weighted by atomic mass is 10.1. The van der Waals surface area contributed by atoms with E-state index in [9.17, 15) is 29.3 Å². The van der Waals surface area contributed by atoms with Crippen LogP contribution in [-0.2, 0) is 14.3 Å². The van der Waals surface area contributed by atoms with Gasteiger partial charge in [0.15, 0.2) is 12.4 Å². The Labute approximate surface area is 205 Å². The number of amides is 1. The number of non-ortho nitro benzene ring substituents is 1. The molecule has 1 amide bonds. The minimum Gasteiger partial charge on any atom is -0.457 e. The lowest BCUT2D eigenvalue weighted by Crippen LogP contribution is -2.27. The third-order valence-electron chi connectivity index (χ3n) is 5.57. The van der Waals surface area contributed by atoms with Crippen LogP contribution in [0.1, 0.15) is 27.1 Å². The number of nitrogens with zero attached hydrogens (tertiary/aromatic N) is 2. The summed E-state index contributed by atoms with van der Waals surface area (Å²) in [5.74, 6) is -2.50. The molecular weight excluding hydrogens is 468 g/mol. The molecule has 0 bridgehead atoms. The van der Waals surface area contributed by atoms with Gasteiger partial charge in [0.2, 0.25) is 5.91 Å². The van der Waals surface area contributed by atoms with Crippen LogP contribution >= 0.6 is 0 Å². The van der Waals surface area contributed by atoms with E-state index in [0.29, 0.717) is 11.3 Å². The smallest absolute Gasteiger partial charge is 0.343 e. The van der Waals surface area contributed by atoms with Crippen LogP contribution < -0.4 is 9.64 Å². The Kier molecular flexibility index (Phi) is 7.15. The molecule has 0 spiro atoms. The average Bonchev–Trinajstić information content (AvgIpc) is 3.29. The highest BCUT2D eigenvalue weighted by Gasteiger charge is 2.36. The van der Waals surface area contributed by atoms with Crippen LogP contribution in [0.5, 0.6) is 5.75 Å².